The Kier molecular flexibility index (Phi) is 6.62. The number of allylic oxidation sites excluding steroid dienone is 4. The van der Waals surface area contributed by atoms with Crippen molar-refractivity contribution in [2.75, 3.05) is 0 Å². The molecule has 0 spiro atoms. The second-order valence-corrected chi connectivity index (χ2v) is 4.45. The predicted octanol–water partition coefficient (Wildman–Crippen LogP) is 3.93. The Morgan fingerprint density at radius 1 is 1.31 bits per heavy atom. The highest BCUT2D eigenvalue weighted by Crippen LogP contribution is 2.21. The zero-order valence-corrected chi connectivity index (χ0v) is 9.90. The van der Waals surface area contributed by atoms with Crippen LogP contribution in [0.2, 0.25) is 0 Å². The molecule has 1 aliphatic carbocycles. The molecule has 0 amide bonds. The van der Waals surface area contributed by atoms with Crippen molar-refractivity contribution in [3.05, 3.63) is 24.3 Å². The van der Waals surface area contributed by atoms with E-state index in [9.17, 15) is 4.79 Å². The van der Waals surface area contributed by atoms with Gasteiger partial charge in [-0.3, -0.25) is 4.79 Å². The Bertz CT molecular complexity index is 253. The lowest BCUT2D eigenvalue weighted by Gasteiger charge is -2.03. The van der Waals surface area contributed by atoms with Crippen molar-refractivity contribution >= 4 is 5.97 Å². The maximum atomic E-state index is 10.3. The van der Waals surface area contributed by atoms with E-state index in [4.69, 9.17) is 5.11 Å². The molecule has 16 heavy (non-hydrogen) atoms. The van der Waals surface area contributed by atoms with Gasteiger partial charge in [-0.15, -0.1) is 0 Å². The van der Waals surface area contributed by atoms with Crippen LogP contribution in [-0.4, -0.2) is 11.1 Å². The second kappa shape index (κ2) is 8.14. The van der Waals surface area contributed by atoms with E-state index >= 15 is 0 Å². The average molecular weight is 222 g/mol. The fraction of sp³-hybridized carbons (Fsp3) is 0.643. The van der Waals surface area contributed by atoms with Crippen molar-refractivity contribution in [2.45, 2.75) is 51.4 Å². The molecule has 0 unspecified atom stereocenters. The molecule has 1 N–H and O–H groups in total. The van der Waals surface area contributed by atoms with E-state index in [1.54, 1.807) is 0 Å². The highest BCUT2D eigenvalue weighted by atomic mass is 16.4. The molecule has 2 heteroatoms. The smallest absolute Gasteiger partial charge is 0.303 e. The first-order valence-corrected chi connectivity index (χ1v) is 6.32. The lowest BCUT2D eigenvalue weighted by Crippen LogP contribution is -1.93. The number of hydrogen-bond acceptors (Lipinski definition) is 1. The van der Waals surface area contributed by atoms with Crippen LogP contribution in [0.1, 0.15) is 51.4 Å². The molecule has 0 saturated carbocycles. The highest BCUT2D eigenvalue weighted by Gasteiger charge is 2.06. The topological polar surface area (TPSA) is 37.3 Å². The number of rotatable bonds is 8. The molecule has 0 aliphatic heterocycles. The lowest BCUT2D eigenvalue weighted by molar-refractivity contribution is -0.137. The van der Waals surface area contributed by atoms with Gasteiger partial charge in [0.1, 0.15) is 0 Å². The zero-order chi connectivity index (χ0) is 11.6. The summed E-state index contributed by atoms with van der Waals surface area (Å²) in [6.45, 7) is 0. The maximum absolute atomic E-state index is 10.3. The van der Waals surface area contributed by atoms with E-state index < -0.39 is 5.97 Å². The summed E-state index contributed by atoms with van der Waals surface area (Å²) in [7, 11) is 0. The molecule has 0 fully saturated rings. The highest BCUT2D eigenvalue weighted by molar-refractivity contribution is 5.66. The van der Waals surface area contributed by atoms with Crippen molar-refractivity contribution in [2.24, 2.45) is 5.92 Å². The van der Waals surface area contributed by atoms with Crippen molar-refractivity contribution in [1.29, 1.82) is 0 Å². The van der Waals surface area contributed by atoms with Crippen LogP contribution in [0.4, 0.5) is 0 Å². The Balaban J connectivity index is 1.88. The van der Waals surface area contributed by atoms with Crippen LogP contribution >= 0.6 is 0 Å². The third-order valence-electron chi connectivity index (χ3n) is 2.99. The molecule has 0 aromatic carbocycles. The van der Waals surface area contributed by atoms with Gasteiger partial charge in [0, 0.05) is 6.42 Å². The number of aliphatic carboxylic acids is 1. The third-order valence-corrected chi connectivity index (χ3v) is 2.99. The van der Waals surface area contributed by atoms with E-state index in [0.717, 1.165) is 31.6 Å². The predicted molar refractivity (Wildman–Crippen MR) is 66.3 cm³/mol. The van der Waals surface area contributed by atoms with E-state index in [1.165, 1.54) is 19.3 Å². The second-order valence-electron chi connectivity index (χ2n) is 4.45. The van der Waals surface area contributed by atoms with E-state index in [2.05, 4.69) is 24.3 Å². The van der Waals surface area contributed by atoms with Crippen molar-refractivity contribution in [3.63, 3.8) is 0 Å². The van der Waals surface area contributed by atoms with Crippen LogP contribution in [0, 0.1) is 5.92 Å². The largest absolute Gasteiger partial charge is 0.481 e. The SMILES string of the molecule is O=C(O)CCCC/C=C/CC[C@H]1C=CCC1. The summed E-state index contributed by atoms with van der Waals surface area (Å²) in [5.74, 6) is 0.119. The maximum Gasteiger partial charge on any atom is 0.303 e. The normalized spacial score (nSPS) is 19.6. The minimum absolute atomic E-state index is 0.306. The van der Waals surface area contributed by atoms with Crippen LogP contribution in [0.15, 0.2) is 24.3 Å². The van der Waals surface area contributed by atoms with Crippen LogP contribution in [0.25, 0.3) is 0 Å². The Hall–Kier alpha value is -1.05. The molecule has 2 nitrogen and oxygen atoms in total. The van der Waals surface area contributed by atoms with Crippen molar-refractivity contribution < 1.29 is 9.90 Å². The van der Waals surface area contributed by atoms with Gasteiger partial charge in [0.2, 0.25) is 0 Å². The molecule has 0 saturated heterocycles. The van der Waals surface area contributed by atoms with Crippen molar-refractivity contribution in [1.82, 2.24) is 0 Å². The van der Waals surface area contributed by atoms with E-state index in [-0.39, 0.29) is 0 Å². The van der Waals surface area contributed by atoms with Crippen LogP contribution in [0.3, 0.4) is 0 Å². The number of hydrogen-bond donors (Lipinski definition) is 1. The first kappa shape index (κ1) is 13.0. The molecule has 0 heterocycles. The Morgan fingerprint density at radius 2 is 2.12 bits per heavy atom. The van der Waals surface area contributed by atoms with Crippen LogP contribution in [-0.2, 0) is 4.79 Å². The van der Waals surface area contributed by atoms with Crippen LogP contribution < -0.4 is 0 Å². The Labute approximate surface area is 98.1 Å². The zero-order valence-electron chi connectivity index (χ0n) is 9.90. The molecule has 1 aliphatic rings. The van der Waals surface area contributed by atoms with Gasteiger partial charge in [0.25, 0.3) is 0 Å². The standard InChI is InChI=1S/C14H22O2/c15-14(16)12-6-4-2-1-3-5-9-13-10-7-8-11-13/h1,3,7,10,13H,2,4-6,8-9,11-12H2,(H,15,16)/b3-1+/t13-/m0/s1. The van der Waals surface area contributed by atoms with Gasteiger partial charge in [-0.05, 0) is 50.9 Å². The van der Waals surface area contributed by atoms with Gasteiger partial charge in [0.15, 0.2) is 0 Å². The minimum Gasteiger partial charge on any atom is -0.481 e. The number of carboxylic acids is 1. The fourth-order valence-electron chi connectivity index (χ4n) is 2.02. The summed E-state index contributed by atoms with van der Waals surface area (Å²) in [6, 6.07) is 0. The summed E-state index contributed by atoms with van der Waals surface area (Å²) >= 11 is 0. The summed E-state index contributed by atoms with van der Waals surface area (Å²) in [6.07, 6.45) is 17.2. The van der Waals surface area contributed by atoms with Gasteiger partial charge in [-0.2, -0.15) is 0 Å². The summed E-state index contributed by atoms with van der Waals surface area (Å²) in [5.41, 5.74) is 0. The average Bonchev–Trinajstić information content (AvgIpc) is 2.74. The molecule has 0 aromatic heterocycles. The van der Waals surface area contributed by atoms with Gasteiger partial charge in [0.05, 0.1) is 0 Å². The Morgan fingerprint density at radius 3 is 2.81 bits per heavy atom. The van der Waals surface area contributed by atoms with E-state index in [0.29, 0.717) is 6.42 Å². The van der Waals surface area contributed by atoms with Crippen LogP contribution in [0.5, 0.6) is 0 Å². The number of carbonyl (C=O) groups is 1. The quantitative estimate of drug-likeness (QED) is 0.499. The molecule has 1 rings (SSSR count). The van der Waals surface area contributed by atoms with Gasteiger partial charge in [-0.1, -0.05) is 24.3 Å². The first-order chi connectivity index (χ1) is 7.79. The summed E-state index contributed by atoms with van der Waals surface area (Å²) in [5, 5.41) is 8.45. The summed E-state index contributed by atoms with van der Waals surface area (Å²) in [4.78, 5) is 10.3. The lowest BCUT2D eigenvalue weighted by atomic mass is 10.0. The molecule has 90 valence electrons. The monoisotopic (exact) mass is 222 g/mol. The molecular weight excluding hydrogens is 200 g/mol. The third kappa shape index (κ3) is 6.44. The van der Waals surface area contributed by atoms with Gasteiger partial charge in [-0.25, -0.2) is 0 Å². The van der Waals surface area contributed by atoms with E-state index in [1.807, 2.05) is 0 Å². The van der Waals surface area contributed by atoms with Gasteiger partial charge < -0.3 is 5.11 Å². The first-order valence-electron chi connectivity index (χ1n) is 6.32. The fourth-order valence-corrected chi connectivity index (χ4v) is 2.02. The molecule has 0 radical (unpaired) electrons. The van der Waals surface area contributed by atoms with Gasteiger partial charge >= 0.3 is 5.97 Å². The summed E-state index contributed by atoms with van der Waals surface area (Å²) < 4.78 is 0. The van der Waals surface area contributed by atoms with Crippen molar-refractivity contribution in [3.8, 4) is 0 Å². The number of carboxylic acid groups (broad SMARTS) is 1. The molecule has 0 aromatic rings. The molecule has 0 bridgehead atoms. The number of unbranched alkanes of at least 4 members (excludes halogenated alkanes) is 2. The molecular formula is C14H22O2. The molecule has 1 atom stereocenters. The minimum atomic E-state index is -0.683.